The zero-order chi connectivity index (χ0) is 5.91. The molecule has 0 bridgehead atoms. The third-order valence-electron chi connectivity index (χ3n) is 0.140. The van der Waals surface area contributed by atoms with E-state index >= 15 is 0 Å². The molecule has 5 nitrogen and oxygen atoms in total. The molecule has 0 N–H and O–H groups in total. The fraction of sp³-hybridized carbons (Fsp3) is 1.00. The molecule has 0 rings (SSSR count). The summed E-state index contributed by atoms with van der Waals surface area (Å²) in [6.45, 7) is 0. The first-order valence-corrected chi connectivity index (χ1v) is 5.63. The van der Waals surface area contributed by atoms with Crippen LogP contribution < -0.4 is 0 Å². The summed E-state index contributed by atoms with van der Waals surface area (Å²) in [4.78, 5) is 3.56. The van der Waals surface area contributed by atoms with Crippen LogP contribution >= 0.6 is 0 Å². The van der Waals surface area contributed by atoms with Gasteiger partial charge in [0.25, 0.3) is 0 Å². The Kier molecular flexibility index (Phi) is 2.32. The van der Waals surface area contributed by atoms with Crippen molar-refractivity contribution in [3.05, 3.63) is 0 Å². The van der Waals surface area contributed by atoms with E-state index in [1.165, 1.54) is 0 Å². The van der Waals surface area contributed by atoms with Crippen molar-refractivity contribution >= 4 is 0 Å². The van der Waals surface area contributed by atoms with Gasteiger partial charge in [-0.2, -0.15) is 0 Å². The third kappa shape index (κ3) is 5.98. The summed E-state index contributed by atoms with van der Waals surface area (Å²) in [5, 5.41) is 0. The van der Waals surface area contributed by atoms with Gasteiger partial charge in [-0.25, -0.2) is 0 Å². The molecule has 44 valence electrons. The molecule has 0 heterocycles. The summed E-state index contributed by atoms with van der Waals surface area (Å²) < 4.78 is 31.6. The Morgan fingerprint density at radius 3 is 1.71 bits per heavy atom. The third-order valence-corrected chi connectivity index (χ3v) is 1.15. The standard InChI is InChI=1S/CH4O2.3O.Re/c1-3-2;;;;/h2H,1H3;;;;/q;;;;+1/p-1. The Balaban J connectivity index is 3.87. The summed E-state index contributed by atoms with van der Waals surface area (Å²) in [5.74, 6) is 0. The fourth-order valence-corrected chi connectivity index (χ4v) is 0.632. The average molecular weight is 281 g/mol. The molecule has 0 saturated carbocycles. The van der Waals surface area contributed by atoms with Crippen LogP contribution in [0, 0.1) is 0 Å². The molecule has 0 atom stereocenters. The quantitative estimate of drug-likeness (QED) is 0.512. The van der Waals surface area contributed by atoms with E-state index in [1.54, 1.807) is 0 Å². The molecule has 0 aliphatic rings. The van der Waals surface area contributed by atoms with Crippen molar-refractivity contribution in [1.29, 1.82) is 0 Å². The first kappa shape index (κ1) is 6.98. The summed E-state index contributed by atoms with van der Waals surface area (Å²) in [6, 6.07) is 0. The van der Waals surface area contributed by atoms with Gasteiger partial charge in [0.15, 0.2) is 0 Å². The summed E-state index contributed by atoms with van der Waals surface area (Å²) >= 11 is -5.67. The summed E-state index contributed by atoms with van der Waals surface area (Å²) in [6.07, 6.45) is 0. The van der Waals surface area contributed by atoms with E-state index in [0.29, 0.717) is 0 Å². The van der Waals surface area contributed by atoms with Crippen molar-refractivity contribution < 1.29 is 34.7 Å². The van der Waals surface area contributed by atoms with Gasteiger partial charge in [0.05, 0.1) is 0 Å². The zero-order valence-corrected chi connectivity index (χ0v) is 6.14. The molecule has 0 amide bonds. The summed E-state index contributed by atoms with van der Waals surface area (Å²) in [7, 11) is 0.956. The van der Waals surface area contributed by atoms with Crippen LogP contribution in [-0.2, 0) is 34.7 Å². The maximum atomic E-state index is 9.45. The molecule has 0 radical (unpaired) electrons. The predicted molar refractivity (Wildman–Crippen MR) is 10.2 cm³/mol. The van der Waals surface area contributed by atoms with E-state index in [4.69, 9.17) is 0 Å². The van der Waals surface area contributed by atoms with Crippen LogP contribution in [0.25, 0.3) is 0 Å². The molecule has 0 saturated heterocycles. The van der Waals surface area contributed by atoms with Crippen LogP contribution in [-0.4, -0.2) is 7.11 Å². The van der Waals surface area contributed by atoms with Crippen LogP contribution in [0.2, 0.25) is 0 Å². The van der Waals surface area contributed by atoms with Gasteiger partial charge in [0.1, 0.15) is 0 Å². The van der Waals surface area contributed by atoms with Crippen molar-refractivity contribution in [3.63, 3.8) is 0 Å². The fourth-order valence-electron chi connectivity index (χ4n) is 0.0772. The van der Waals surface area contributed by atoms with Gasteiger partial charge in [-0.15, -0.1) is 0 Å². The second-order valence-corrected chi connectivity index (χ2v) is 3.78. The van der Waals surface area contributed by atoms with Gasteiger partial charge in [-0.3, -0.25) is 0 Å². The van der Waals surface area contributed by atoms with E-state index in [0.717, 1.165) is 7.11 Å². The Hall–Kier alpha value is -0.0177. The van der Waals surface area contributed by atoms with Gasteiger partial charge >= 0.3 is 41.8 Å². The normalized spacial score (nSPS) is 11.6. The molecule has 0 aliphatic heterocycles. The van der Waals surface area contributed by atoms with Crippen LogP contribution in [0.5, 0.6) is 0 Å². The number of rotatable bonds is 2. The van der Waals surface area contributed by atoms with Crippen LogP contribution in [0.1, 0.15) is 0 Å². The maximum absolute atomic E-state index is 9.45. The Bertz CT molecular complexity index is 153. The zero-order valence-electron chi connectivity index (χ0n) is 3.42. The van der Waals surface area contributed by atoms with Gasteiger partial charge in [-0.1, -0.05) is 0 Å². The SMILES string of the molecule is CO[O][Re](=[O])(=[O])=[O]. The molecule has 0 aromatic heterocycles. The molecule has 0 aromatic carbocycles. The van der Waals surface area contributed by atoms with E-state index < -0.39 is 15.8 Å². The van der Waals surface area contributed by atoms with Crippen molar-refractivity contribution in [2.45, 2.75) is 0 Å². The van der Waals surface area contributed by atoms with Crippen LogP contribution in [0.4, 0.5) is 0 Å². The van der Waals surface area contributed by atoms with E-state index in [9.17, 15) is 10.4 Å². The topological polar surface area (TPSA) is 69.7 Å². The van der Waals surface area contributed by atoms with Crippen molar-refractivity contribution in [3.8, 4) is 0 Å². The van der Waals surface area contributed by atoms with Crippen molar-refractivity contribution in [1.82, 2.24) is 0 Å². The first-order chi connectivity index (χ1) is 3.06. The average Bonchev–Trinajstić information content (AvgIpc) is 1.30. The molecule has 0 spiro atoms. The van der Waals surface area contributed by atoms with Gasteiger partial charge in [0, 0.05) is 0 Å². The minimum atomic E-state index is -5.67. The molecule has 0 fully saturated rings. The predicted octanol–water partition coefficient (Wildman–Crippen LogP) is -0.330. The molecule has 0 aromatic rings. The molecular formula is CH3O5Re. The Morgan fingerprint density at radius 1 is 1.29 bits per heavy atom. The molecule has 6 heteroatoms. The van der Waals surface area contributed by atoms with Gasteiger partial charge < -0.3 is 0 Å². The van der Waals surface area contributed by atoms with Gasteiger partial charge in [-0.05, 0) is 0 Å². The second kappa shape index (κ2) is 2.33. The van der Waals surface area contributed by atoms with Gasteiger partial charge in [0.2, 0.25) is 0 Å². The van der Waals surface area contributed by atoms with Crippen LogP contribution in [0.15, 0.2) is 0 Å². The Labute approximate surface area is 42.5 Å². The van der Waals surface area contributed by atoms with E-state index in [-0.39, 0.29) is 0 Å². The second-order valence-electron chi connectivity index (χ2n) is 0.608. The minimum absolute atomic E-state index is 0.956. The monoisotopic (exact) mass is 282 g/mol. The molecular weight excluding hydrogens is 278 g/mol. The molecule has 0 unspecified atom stereocenters. The molecule has 0 aliphatic carbocycles. The van der Waals surface area contributed by atoms with Crippen LogP contribution in [0.3, 0.4) is 0 Å². The summed E-state index contributed by atoms with van der Waals surface area (Å²) in [5.41, 5.74) is 0. The Morgan fingerprint density at radius 2 is 1.71 bits per heavy atom. The van der Waals surface area contributed by atoms with E-state index in [2.05, 4.69) is 8.50 Å². The van der Waals surface area contributed by atoms with Crippen molar-refractivity contribution in [2.24, 2.45) is 0 Å². The van der Waals surface area contributed by atoms with Crippen molar-refractivity contribution in [2.75, 3.05) is 7.11 Å². The molecule has 7 heavy (non-hydrogen) atoms. The first-order valence-electron chi connectivity index (χ1n) is 1.19. The number of hydrogen-bond acceptors (Lipinski definition) is 5. The van der Waals surface area contributed by atoms with E-state index in [1.807, 2.05) is 0 Å². The number of hydrogen-bond donors (Lipinski definition) is 0.